The van der Waals surface area contributed by atoms with Gasteiger partial charge in [-0.1, -0.05) is 87.4 Å². The number of hydrogen-bond acceptors (Lipinski definition) is 6. The third-order valence-electron chi connectivity index (χ3n) is 7.26. The molecule has 0 bridgehead atoms. The van der Waals surface area contributed by atoms with Crippen LogP contribution in [0.1, 0.15) is 51.5 Å². The zero-order valence-corrected chi connectivity index (χ0v) is 24.6. The highest BCUT2D eigenvalue weighted by Crippen LogP contribution is 2.38. The van der Waals surface area contributed by atoms with Crippen LogP contribution >= 0.6 is 24.0 Å². The van der Waals surface area contributed by atoms with Crippen molar-refractivity contribution in [2.75, 3.05) is 13.1 Å². The molecule has 1 aromatic heterocycles. The molecule has 39 heavy (non-hydrogen) atoms. The molecule has 1 saturated heterocycles. The van der Waals surface area contributed by atoms with Gasteiger partial charge in [-0.05, 0) is 43.2 Å². The molecule has 1 aliphatic carbocycles. The largest absolute Gasteiger partial charge is 0.290 e. The van der Waals surface area contributed by atoms with E-state index in [1.54, 1.807) is 27.8 Å². The summed E-state index contributed by atoms with van der Waals surface area (Å²) in [4.78, 5) is 16.1. The quantitative estimate of drug-likeness (QED) is 0.237. The molecule has 204 valence electrons. The van der Waals surface area contributed by atoms with Gasteiger partial charge in [0.05, 0.1) is 15.5 Å². The van der Waals surface area contributed by atoms with Gasteiger partial charge in [0.15, 0.2) is 0 Å². The molecule has 2 aliphatic rings. The molecule has 0 spiro atoms. The summed E-state index contributed by atoms with van der Waals surface area (Å²) in [6.45, 7) is 4.43. The van der Waals surface area contributed by atoms with Gasteiger partial charge >= 0.3 is 0 Å². The summed E-state index contributed by atoms with van der Waals surface area (Å²) in [5.41, 5.74) is 2.84. The Morgan fingerprint density at radius 3 is 2.46 bits per heavy atom. The molecule has 3 aromatic rings. The van der Waals surface area contributed by atoms with E-state index in [4.69, 9.17) is 17.3 Å². The average Bonchev–Trinajstić information content (AvgIpc) is 3.50. The third kappa shape index (κ3) is 5.61. The highest BCUT2D eigenvalue weighted by Gasteiger charge is 2.37. The third-order valence-corrected chi connectivity index (χ3v) is 10.6. The highest BCUT2D eigenvalue weighted by molar-refractivity contribution is 8.26. The standard InChI is InChI=1S/C29H32N4O3S3/c1-3-31(4-2)39(35,36)25-17-11-12-21(18-25)27-22(20-32(30-27)23-13-7-5-8-14-23)19-26-28(34)33(29(37)38-26)24-15-9-6-10-16-24/h5,7-8,11-14,17-20,24H,3-4,6,9-10,15-16H2,1-2H3. The maximum absolute atomic E-state index is 13.5. The van der Waals surface area contributed by atoms with Crippen molar-refractivity contribution in [3.63, 3.8) is 0 Å². The molecular formula is C29H32N4O3S3. The number of amides is 1. The summed E-state index contributed by atoms with van der Waals surface area (Å²) in [6.07, 6.45) is 9.10. The van der Waals surface area contributed by atoms with Gasteiger partial charge in [0, 0.05) is 36.5 Å². The molecule has 7 nitrogen and oxygen atoms in total. The van der Waals surface area contributed by atoms with Gasteiger partial charge in [-0.2, -0.15) is 9.40 Å². The summed E-state index contributed by atoms with van der Waals surface area (Å²) >= 11 is 6.97. The number of rotatable bonds is 8. The molecule has 2 fully saturated rings. The van der Waals surface area contributed by atoms with Crippen LogP contribution in [0.4, 0.5) is 0 Å². The van der Waals surface area contributed by atoms with E-state index in [1.165, 1.54) is 22.5 Å². The van der Waals surface area contributed by atoms with Crippen molar-refractivity contribution in [2.45, 2.75) is 56.9 Å². The fourth-order valence-corrected chi connectivity index (χ4v) is 8.12. The SMILES string of the molecule is CCN(CC)S(=O)(=O)c1cccc(-c2nn(-c3ccccc3)cc2C=C2SC(=S)N(C3CCCCC3)C2=O)c1. The Bertz CT molecular complexity index is 1510. The summed E-state index contributed by atoms with van der Waals surface area (Å²) in [5, 5.41) is 4.85. The first-order valence-corrected chi connectivity index (χ1v) is 16.0. The molecule has 1 amide bonds. The van der Waals surface area contributed by atoms with Crippen LogP contribution in [-0.4, -0.2) is 56.8 Å². The number of thioether (sulfide) groups is 1. The van der Waals surface area contributed by atoms with Crippen LogP contribution in [0, 0.1) is 0 Å². The molecule has 2 heterocycles. The Morgan fingerprint density at radius 2 is 1.77 bits per heavy atom. The van der Waals surface area contributed by atoms with E-state index in [0.29, 0.717) is 33.6 Å². The number of nitrogens with zero attached hydrogens (tertiary/aromatic N) is 4. The monoisotopic (exact) mass is 580 g/mol. The van der Waals surface area contributed by atoms with Crippen LogP contribution in [0.3, 0.4) is 0 Å². The van der Waals surface area contributed by atoms with Crippen LogP contribution in [0.25, 0.3) is 23.0 Å². The van der Waals surface area contributed by atoms with Crippen molar-refractivity contribution in [3.8, 4) is 16.9 Å². The second-order valence-corrected chi connectivity index (χ2v) is 13.3. The summed E-state index contributed by atoms with van der Waals surface area (Å²) < 4.78 is 30.3. The predicted molar refractivity (Wildman–Crippen MR) is 161 cm³/mol. The first-order valence-electron chi connectivity index (χ1n) is 13.4. The molecule has 0 radical (unpaired) electrons. The van der Waals surface area contributed by atoms with Crippen molar-refractivity contribution in [3.05, 3.63) is 71.3 Å². The second kappa shape index (κ2) is 11.8. The van der Waals surface area contributed by atoms with Gasteiger partial charge in [-0.15, -0.1) is 0 Å². The average molecular weight is 581 g/mol. The van der Waals surface area contributed by atoms with Gasteiger partial charge in [0.25, 0.3) is 5.91 Å². The smallest absolute Gasteiger partial charge is 0.266 e. The summed E-state index contributed by atoms with van der Waals surface area (Å²) in [6, 6.07) is 16.7. The van der Waals surface area contributed by atoms with E-state index in [2.05, 4.69) is 0 Å². The van der Waals surface area contributed by atoms with Crippen LogP contribution in [0.5, 0.6) is 0 Å². The Labute approximate surface area is 239 Å². The first-order chi connectivity index (χ1) is 18.8. The lowest BCUT2D eigenvalue weighted by molar-refractivity contribution is -0.124. The molecule has 2 aromatic carbocycles. The van der Waals surface area contributed by atoms with Gasteiger partial charge in [0.1, 0.15) is 10.0 Å². The highest BCUT2D eigenvalue weighted by atomic mass is 32.2. The Morgan fingerprint density at radius 1 is 1.05 bits per heavy atom. The molecule has 0 atom stereocenters. The molecule has 10 heteroatoms. The molecule has 1 aliphatic heterocycles. The number of carbonyl (C=O) groups is 1. The topological polar surface area (TPSA) is 75.5 Å². The van der Waals surface area contributed by atoms with E-state index in [1.807, 2.05) is 62.5 Å². The maximum atomic E-state index is 13.5. The van der Waals surface area contributed by atoms with Crippen LogP contribution in [0.2, 0.25) is 0 Å². The van der Waals surface area contributed by atoms with Crippen molar-refractivity contribution < 1.29 is 13.2 Å². The number of sulfonamides is 1. The van der Waals surface area contributed by atoms with Crippen LogP contribution in [0.15, 0.2) is 70.6 Å². The minimum absolute atomic E-state index is 0.0619. The van der Waals surface area contributed by atoms with E-state index < -0.39 is 10.0 Å². The Balaban J connectivity index is 1.58. The van der Waals surface area contributed by atoms with Crippen molar-refractivity contribution in [1.29, 1.82) is 0 Å². The van der Waals surface area contributed by atoms with Gasteiger partial charge in [-0.25, -0.2) is 13.1 Å². The molecule has 1 saturated carbocycles. The van der Waals surface area contributed by atoms with E-state index in [9.17, 15) is 13.2 Å². The lowest BCUT2D eigenvalue weighted by atomic mass is 9.94. The zero-order chi connectivity index (χ0) is 27.6. The number of para-hydroxylation sites is 1. The van der Waals surface area contributed by atoms with E-state index in [-0.39, 0.29) is 16.8 Å². The van der Waals surface area contributed by atoms with Crippen LogP contribution in [-0.2, 0) is 14.8 Å². The van der Waals surface area contributed by atoms with Crippen molar-refractivity contribution in [1.82, 2.24) is 19.0 Å². The molecule has 0 N–H and O–H groups in total. The second-order valence-electron chi connectivity index (χ2n) is 9.67. The number of carbonyl (C=O) groups excluding carboxylic acids is 1. The summed E-state index contributed by atoms with van der Waals surface area (Å²) in [7, 11) is -3.65. The minimum atomic E-state index is -3.65. The maximum Gasteiger partial charge on any atom is 0.266 e. The molecular weight excluding hydrogens is 549 g/mol. The number of benzene rings is 2. The van der Waals surface area contributed by atoms with E-state index in [0.717, 1.165) is 36.9 Å². The predicted octanol–water partition coefficient (Wildman–Crippen LogP) is 6.10. The number of aromatic nitrogens is 2. The lowest BCUT2D eigenvalue weighted by Crippen LogP contribution is -2.39. The Kier molecular flexibility index (Phi) is 8.37. The summed E-state index contributed by atoms with van der Waals surface area (Å²) in [5.74, 6) is -0.0619. The van der Waals surface area contributed by atoms with Gasteiger partial charge < -0.3 is 0 Å². The fraction of sp³-hybridized carbons (Fsp3) is 0.345. The lowest BCUT2D eigenvalue weighted by Gasteiger charge is -2.29. The Hall–Kier alpha value is -2.79. The van der Waals surface area contributed by atoms with E-state index >= 15 is 0 Å². The molecule has 0 unspecified atom stereocenters. The number of hydrogen-bond donors (Lipinski definition) is 0. The van der Waals surface area contributed by atoms with Crippen molar-refractivity contribution >= 4 is 50.3 Å². The zero-order valence-electron chi connectivity index (χ0n) is 22.1. The van der Waals surface area contributed by atoms with Crippen LogP contribution < -0.4 is 0 Å². The van der Waals surface area contributed by atoms with Gasteiger partial charge in [0.2, 0.25) is 10.0 Å². The normalized spacial score (nSPS) is 18.0. The first kappa shape index (κ1) is 27.8. The minimum Gasteiger partial charge on any atom is -0.290 e. The fourth-order valence-electron chi connectivity index (χ4n) is 5.22. The number of thiocarbonyl (C=S) groups is 1. The molecule has 5 rings (SSSR count). The van der Waals surface area contributed by atoms with Gasteiger partial charge in [-0.3, -0.25) is 9.69 Å². The van der Waals surface area contributed by atoms with Crippen molar-refractivity contribution in [2.24, 2.45) is 0 Å².